The molecule has 186 valence electrons. The number of pyridine rings is 1. The Bertz CT molecular complexity index is 1550. The van der Waals surface area contributed by atoms with Crippen LogP contribution in [0.3, 0.4) is 0 Å². The lowest BCUT2D eigenvalue weighted by atomic mass is 10.1. The van der Waals surface area contributed by atoms with E-state index >= 15 is 0 Å². The first kappa shape index (κ1) is 24.2. The molecule has 1 amide bonds. The maximum Gasteiger partial charge on any atom is 0.345 e. The van der Waals surface area contributed by atoms with Gasteiger partial charge < -0.3 is 4.74 Å². The molecule has 0 bridgehead atoms. The van der Waals surface area contributed by atoms with E-state index in [2.05, 4.69) is 30.9 Å². The molecular weight excluding hydrogens is 482 g/mol. The van der Waals surface area contributed by atoms with E-state index in [1.807, 2.05) is 42.5 Å². The molecule has 10 nitrogen and oxygen atoms in total. The first-order chi connectivity index (χ1) is 18.6. The van der Waals surface area contributed by atoms with Crippen molar-refractivity contribution in [2.24, 2.45) is 5.10 Å². The van der Waals surface area contributed by atoms with Crippen LogP contribution in [0.15, 0.2) is 108 Å². The van der Waals surface area contributed by atoms with Crippen molar-refractivity contribution in [3.05, 3.63) is 126 Å². The number of nitrogens with zero attached hydrogens (tertiary/aromatic N) is 6. The minimum absolute atomic E-state index is 0.347. The van der Waals surface area contributed by atoms with Gasteiger partial charge in [-0.15, -0.1) is 10.2 Å². The van der Waals surface area contributed by atoms with Crippen molar-refractivity contribution in [1.29, 1.82) is 0 Å². The summed E-state index contributed by atoms with van der Waals surface area (Å²) in [6, 6.07) is 26.7. The van der Waals surface area contributed by atoms with Crippen LogP contribution in [0, 0.1) is 0 Å². The smallest absolute Gasteiger partial charge is 0.345 e. The third-order valence-electron chi connectivity index (χ3n) is 5.39. The van der Waals surface area contributed by atoms with E-state index in [9.17, 15) is 9.59 Å². The number of tetrazole rings is 1. The Morgan fingerprint density at radius 1 is 0.895 bits per heavy atom. The number of hydrogen-bond acceptors (Lipinski definition) is 8. The number of benzene rings is 3. The molecule has 2 aromatic heterocycles. The third kappa shape index (κ3) is 6.18. The Morgan fingerprint density at radius 2 is 1.68 bits per heavy atom. The monoisotopic (exact) mass is 503 g/mol. The molecule has 0 saturated heterocycles. The molecule has 0 atom stereocenters. The molecule has 0 radical (unpaired) electrons. The fourth-order valence-electron chi connectivity index (χ4n) is 3.44. The van der Waals surface area contributed by atoms with Crippen molar-refractivity contribution in [3.8, 4) is 17.1 Å². The van der Waals surface area contributed by atoms with Crippen molar-refractivity contribution in [3.63, 3.8) is 0 Å². The van der Waals surface area contributed by atoms with E-state index < -0.39 is 5.97 Å². The van der Waals surface area contributed by atoms with Gasteiger partial charge in [-0.3, -0.25) is 9.78 Å². The first-order valence-electron chi connectivity index (χ1n) is 11.6. The predicted molar refractivity (Wildman–Crippen MR) is 139 cm³/mol. The standard InChI is InChI=1S/C28H21N7O3/c36-27(32-30-17-20-10-14-25(15-11-20)38-28(37)24-7-4-16-29-18-24)23-12-8-21(9-13-23)19-35-33-26(31-34-35)22-5-2-1-3-6-22/h1-18H,19H2,(H,32,36)/b30-17+. The van der Waals surface area contributed by atoms with Crippen molar-refractivity contribution in [2.75, 3.05) is 0 Å². The average Bonchev–Trinajstić information content (AvgIpc) is 3.44. The molecule has 5 aromatic rings. The molecule has 10 heteroatoms. The largest absolute Gasteiger partial charge is 0.423 e. The lowest BCUT2D eigenvalue weighted by Gasteiger charge is -2.04. The highest BCUT2D eigenvalue weighted by molar-refractivity contribution is 5.95. The van der Waals surface area contributed by atoms with Crippen molar-refractivity contribution in [2.45, 2.75) is 6.54 Å². The number of esters is 1. The summed E-state index contributed by atoms with van der Waals surface area (Å²) in [7, 11) is 0. The number of carbonyl (C=O) groups is 2. The van der Waals surface area contributed by atoms with Gasteiger partial charge in [0.25, 0.3) is 5.91 Å². The van der Waals surface area contributed by atoms with Gasteiger partial charge in [0.1, 0.15) is 5.75 Å². The van der Waals surface area contributed by atoms with Gasteiger partial charge in [0.05, 0.1) is 18.3 Å². The molecular formula is C28H21N7O3. The van der Waals surface area contributed by atoms with Crippen molar-refractivity contribution >= 4 is 18.1 Å². The van der Waals surface area contributed by atoms with E-state index in [4.69, 9.17) is 4.74 Å². The second-order valence-corrected chi connectivity index (χ2v) is 8.11. The molecule has 3 aromatic carbocycles. The molecule has 2 heterocycles. The average molecular weight is 504 g/mol. The summed E-state index contributed by atoms with van der Waals surface area (Å²) in [6.45, 7) is 0.424. The molecule has 0 aliphatic heterocycles. The van der Waals surface area contributed by atoms with Crippen LogP contribution < -0.4 is 10.2 Å². The maximum atomic E-state index is 12.4. The lowest BCUT2D eigenvalue weighted by Crippen LogP contribution is -2.17. The van der Waals surface area contributed by atoms with Gasteiger partial charge in [0, 0.05) is 23.5 Å². The predicted octanol–water partition coefficient (Wildman–Crippen LogP) is 3.77. The van der Waals surface area contributed by atoms with Gasteiger partial charge in [-0.1, -0.05) is 42.5 Å². The number of aromatic nitrogens is 5. The zero-order valence-electron chi connectivity index (χ0n) is 20.0. The third-order valence-corrected chi connectivity index (χ3v) is 5.39. The summed E-state index contributed by atoms with van der Waals surface area (Å²) >= 11 is 0. The molecule has 38 heavy (non-hydrogen) atoms. The maximum absolute atomic E-state index is 12.4. The van der Waals surface area contributed by atoms with E-state index in [0.717, 1.165) is 16.7 Å². The van der Waals surface area contributed by atoms with E-state index in [0.29, 0.717) is 29.2 Å². The Labute approximate surface area is 217 Å². The summed E-state index contributed by atoms with van der Waals surface area (Å²) in [4.78, 5) is 30.0. The van der Waals surface area contributed by atoms with Crippen LogP contribution in [0.5, 0.6) is 5.75 Å². The van der Waals surface area contributed by atoms with Gasteiger partial charge in [-0.2, -0.15) is 9.90 Å². The number of amides is 1. The van der Waals surface area contributed by atoms with Crippen LogP contribution >= 0.6 is 0 Å². The van der Waals surface area contributed by atoms with Gasteiger partial charge in [0.15, 0.2) is 0 Å². The van der Waals surface area contributed by atoms with Gasteiger partial charge in [0.2, 0.25) is 5.82 Å². The Hall–Kier alpha value is -5.51. The zero-order chi connectivity index (χ0) is 26.2. The first-order valence-corrected chi connectivity index (χ1v) is 11.6. The number of hydrazone groups is 1. The van der Waals surface area contributed by atoms with Gasteiger partial charge in [-0.25, -0.2) is 10.2 Å². The summed E-state index contributed by atoms with van der Waals surface area (Å²) in [5, 5.41) is 16.6. The summed E-state index contributed by atoms with van der Waals surface area (Å²) in [5.41, 5.74) is 5.86. The Morgan fingerprint density at radius 3 is 2.42 bits per heavy atom. The number of carbonyl (C=O) groups excluding carboxylic acids is 2. The van der Waals surface area contributed by atoms with Crippen LogP contribution in [0.25, 0.3) is 11.4 Å². The highest BCUT2D eigenvalue weighted by atomic mass is 16.5. The van der Waals surface area contributed by atoms with E-state index in [1.54, 1.807) is 54.7 Å². The Balaban J connectivity index is 1.12. The van der Waals surface area contributed by atoms with Crippen LogP contribution in [0.4, 0.5) is 0 Å². The van der Waals surface area contributed by atoms with Crippen LogP contribution in [-0.2, 0) is 6.54 Å². The van der Waals surface area contributed by atoms with Crippen molar-refractivity contribution in [1.82, 2.24) is 30.6 Å². The molecule has 1 N–H and O–H groups in total. The number of nitrogens with one attached hydrogen (secondary N) is 1. The number of hydrogen-bond donors (Lipinski definition) is 1. The second-order valence-electron chi connectivity index (χ2n) is 8.11. The van der Waals surface area contributed by atoms with Crippen LogP contribution in [0.2, 0.25) is 0 Å². The normalized spacial score (nSPS) is 10.8. The van der Waals surface area contributed by atoms with Crippen LogP contribution in [-0.4, -0.2) is 43.3 Å². The van der Waals surface area contributed by atoms with Gasteiger partial charge in [-0.05, 0) is 64.9 Å². The fourth-order valence-corrected chi connectivity index (χ4v) is 3.44. The SMILES string of the molecule is O=C(N/N=C/c1ccc(OC(=O)c2cccnc2)cc1)c1ccc(Cn2nnc(-c3ccccc3)n2)cc1. The minimum Gasteiger partial charge on any atom is -0.423 e. The molecule has 0 aliphatic carbocycles. The molecule has 0 fully saturated rings. The fraction of sp³-hybridized carbons (Fsp3) is 0.0357. The molecule has 5 rings (SSSR count). The van der Waals surface area contributed by atoms with Gasteiger partial charge >= 0.3 is 5.97 Å². The number of rotatable bonds is 8. The van der Waals surface area contributed by atoms with Crippen LogP contribution in [0.1, 0.15) is 31.8 Å². The minimum atomic E-state index is -0.493. The highest BCUT2D eigenvalue weighted by Crippen LogP contribution is 2.14. The molecule has 0 saturated carbocycles. The van der Waals surface area contributed by atoms with E-state index in [1.165, 1.54) is 17.2 Å². The molecule has 0 spiro atoms. The summed E-state index contributed by atoms with van der Waals surface area (Å²) in [6.07, 6.45) is 4.52. The lowest BCUT2D eigenvalue weighted by molar-refractivity contribution is 0.0734. The summed E-state index contributed by atoms with van der Waals surface area (Å²) in [5.74, 6) is 0.102. The second kappa shape index (κ2) is 11.5. The number of ether oxygens (including phenoxy) is 1. The summed E-state index contributed by atoms with van der Waals surface area (Å²) < 4.78 is 5.32. The zero-order valence-corrected chi connectivity index (χ0v) is 20.0. The van der Waals surface area contributed by atoms with Crippen molar-refractivity contribution < 1.29 is 14.3 Å². The topological polar surface area (TPSA) is 124 Å². The molecule has 0 unspecified atom stereocenters. The Kier molecular flexibility index (Phi) is 7.31. The highest BCUT2D eigenvalue weighted by Gasteiger charge is 2.09. The van der Waals surface area contributed by atoms with E-state index in [-0.39, 0.29) is 5.91 Å². The molecule has 0 aliphatic rings. The quantitative estimate of drug-likeness (QED) is 0.148.